The maximum absolute atomic E-state index is 11.8. The van der Waals surface area contributed by atoms with Gasteiger partial charge in [0.1, 0.15) is 0 Å². The van der Waals surface area contributed by atoms with Crippen molar-refractivity contribution in [1.82, 2.24) is 9.80 Å². The SMILES string of the molecule is CN1C(=O)N(CCC#N)CC1C(C)(C)C. The molecule has 1 saturated heterocycles. The molecule has 0 saturated carbocycles. The summed E-state index contributed by atoms with van der Waals surface area (Å²) < 4.78 is 0. The number of rotatable bonds is 2. The highest BCUT2D eigenvalue weighted by Crippen LogP contribution is 2.29. The van der Waals surface area contributed by atoms with Crippen LogP contribution in [0.5, 0.6) is 0 Å². The Bertz CT molecular complexity index is 287. The molecule has 0 aromatic heterocycles. The van der Waals surface area contributed by atoms with Crippen molar-refractivity contribution in [2.75, 3.05) is 20.1 Å². The summed E-state index contributed by atoms with van der Waals surface area (Å²) in [7, 11) is 1.84. The zero-order valence-electron chi connectivity index (χ0n) is 9.95. The molecule has 0 radical (unpaired) electrons. The van der Waals surface area contributed by atoms with Crippen molar-refractivity contribution in [3.63, 3.8) is 0 Å². The number of carbonyl (C=O) groups excluding carboxylic acids is 1. The average molecular weight is 209 g/mol. The third-order valence-corrected chi connectivity index (χ3v) is 2.93. The van der Waals surface area contributed by atoms with Crippen LogP contribution in [0.3, 0.4) is 0 Å². The molecule has 15 heavy (non-hydrogen) atoms. The van der Waals surface area contributed by atoms with Gasteiger partial charge in [0, 0.05) is 20.1 Å². The van der Waals surface area contributed by atoms with Crippen molar-refractivity contribution in [1.29, 1.82) is 5.26 Å². The van der Waals surface area contributed by atoms with Gasteiger partial charge in [-0.3, -0.25) is 0 Å². The Hall–Kier alpha value is -1.24. The fourth-order valence-electron chi connectivity index (χ4n) is 1.99. The van der Waals surface area contributed by atoms with Gasteiger partial charge in [-0.2, -0.15) is 5.26 Å². The third-order valence-electron chi connectivity index (χ3n) is 2.93. The minimum absolute atomic E-state index is 0.0465. The monoisotopic (exact) mass is 209 g/mol. The number of nitriles is 1. The van der Waals surface area contributed by atoms with Crippen molar-refractivity contribution >= 4 is 6.03 Å². The van der Waals surface area contributed by atoms with Crippen molar-refractivity contribution in [3.8, 4) is 6.07 Å². The highest BCUT2D eigenvalue weighted by atomic mass is 16.2. The summed E-state index contributed by atoms with van der Waals surface area (Å²) in [5, 5.41) is 8.50. The summed E-state index contributed by atoms with van der Waals surface area (Å²) in [4.78, 5) is 15.4. The maximum atomic E-state index is 11.8. The van der Waals surface area contributed by atoms with Crippen molar-refractivity contribution in [2.24, 2.45) is 5.41 Å². The zero-order valence-corrected chi connectivity index (χ0v) is 9.95. The molecule has 0 aromatic rings. The summed E-state index contributed by atoms with van der Waals surface area (Å²) in [5.74, 6) is 0. The first kappa shape index (κ1) is 11.8. The Kier molecular flexibility index (Phi) is 3.23. The first-order valence-corrected chi connectivity index (χ1v) is 5.26. The molecule has 1 rings (SSSR count). The van der Waals surface area contributed by atoms with Crippen molar-refractivity contribution < 1.29 is 4.79 Å². The number of likely N-dealkylation sites (N-methyl/N-ethyl adjacent to an activating group) is 1. The average Bonchev–Trinajstić information content (AvgIpc) is 2.41. The molecule has 4 heteroatoms. The fraction of sp³-hybridized carbons (Fsp3) is 0.818. The standard InChI is InChI=1S/C11H19N3O/c1-11(2,3)9-8-14(7-5-6-12)10(15)13(9)4/h9H,5,7-8H2,1-4H3. The second kappa shape index (κ2) is 4.09. The summed E-state index contributed by atoms with van der Waals surface area (Å²) >= 11 is 0. The second-order valence-corrected chi connectivity index (χ2v) is 5.13. The lowest BCUT2D eigenvalue weighted by atomic mass is 9.86. The van der Waals surface area contributed by atoms with Gasteiger partial charge in [-0.25, -0.2) is 4.79 Å². The molecule has 0 bridgehead atoms. The third kappa shape index (κ3) is 2.41. The van der Waals surface area contributed by atoms with Gasteiger partial charge in [-0.05, 0) is 5.41 Å². The van der Waals surface area contributed by atoms with Crippen LogP contribution < -0.4 is 0 Å². The number of amides is 2. The predicted molar refractivity (Wildman–Crippen MR) is 58.2 cm³/mol. The lowest BCUT2D eigenvalue weighted by Crippen LogP contribution is -2.39. The number of nitrogens with zero attached hydrogens (tertiary/aromatic N) is 3. The summed E-state index contributed by atoms with van der Waals surface area (Å²) in [6.45, 7) is 7.69. The fourth-order valence-corrected chi connectivity index (χ4v) is 1.99. The van der Waals surface area contributed by atoms with Crippen LogP contribution in [0.2, 0.25) is 0 Å². The first-order chi connectivity index (χ1) is 6.88. The Balaban J connectivity index is 2.69. The molecular weight excluding hydrogens is 190 g/mol. The van der Waals surface area contributed by atoms with E-state index < -0.39 is 0 Å². The smallest absolute Gasteiger partial charge is 0.320 e. The van der Waals surface area contributed by atoms with Crippen molar-refractivity contribution in [3.05, 3.63) is 0 Å². The molecule has 0 spiro atoms. The van der Waals surface area contributed by atoms with Gasteiger partial charge in [-0.1, -0.05) is 20.8 Å². The van der Waals surface area contributed by atoms with Crippen LogP contribution in [0.1, 0.15) is 27.2 Å². The molecular formula is C11H19N3O. The number of urea groups is 1. The van der Waals surface area contributed by atoms with E-state index in [0.29, 0.717) is 13.0 Å². The molecule has 1 fully saturated rings. The van der Waals surface area contributed by atoms with E-state index in [-0.39, 0.29) is 17.5 Å². The molecule has 1 heterocycles. The van der Waals surface area contributed by atoms with Crippen LogP contribution in [0.25, 0.3) is 0 Å². The molecule has 0 aromatic carbocycles. The van der Waals surface area contributed by atoms with Gasteiger partial charge in [0.05, 0.1) is 18.5 Å². The van der Waals surface area contributed by atoms with Crippen molar-refractivity contribution in [2.45, 2.75) is 33.2 Å². The number of hydrogen-bond acceptors (Lipinski definition) is 2. The minimum Gasteiger partial charge on any atom is -0.322 e. The summed E-state index contributed by atoms with van der Waals surface area (Å²) in [5.41, 5.74) is 0.0891. The van der Waals surface area contributed by atoms with Crippen LogP contribution in [0.15, 0.2) is 0 Å². The summed E-state index contributed by atoms with van der Waals surface area (Å²) in [6.07, 6.45) is 0.413. The molecule has 1 aliphatic heterocycles. The van der Waals surface area contributed by atoms with E-state index in [4.69, 9.17) is 5.26 Å². The zero-order chi connectivity index (χ0) is 11.6. The topological polar surface area (TPSA) is 47.3 Å². The number of carbonyl (C=O) groups is 1. The Morgan fingerprint density at radius 2 is 2.13 bits per heavy atom. The molecule has 1 aliphatic rings. The predicted octanol–water partition coefficient (Wildman–Crippen LogP) is 1.68. The Morgan fingerprint density at radius 1 is 1.53 bits per heavy atom. The van der Waals surface area contributed by atoms with Gasteiger partial charge in [0.2, 0.25) is 0 Å². The minimum atomic E-state index is 0.0465. The highest BCUT2D eigenvalue weighted by molar-refractivity contribution is 5.77. The molecule has 2 amide bonds. The van der Waals surface area contributed by atoms with Gasteiger partial charge >= 0.3 is 6.03 Å². The van der Waals surface area contributed by atoms with E-state index in [2.05, 4.69) is 26.8 Å². The van der Waals surface area contributed by atoms with Crippen LogP contribution in [0.4, 0.5) is 4.79 Å². The number of hydrogen-bond donors (Lipinski definition) is 0. The maximum Gasteiger partial charge on any atom is 0.320 e. The molecule has 0 N–H and O–H groups in total. The highest BCUT2D eigenvalue weighted by Gasteiger charge is 2.40. The molecule has 4 nitrogen and oxygen atoms in total. The second-order valence-electron chi connectivity index (χ2n) is 5.13. The molecule has 1 unspecified atom stereocenters. The van der Waals surface area contributed by atoms with E-state index >= 15 is 0 Å². The lowest BCUT2D eigenvalue weighted by Gasteiger charge is -2.30. The van der Waals surface area contributed by atoms with E-state index in [1.54, 1.807) is 9.80 Å². The molecule has 1 atom stereocenters. The van der Waals surface area contributed by atoms with E-state index in [1.165, 1.54) is 0 Å². The molecule has 0 aliphatic carbocycles. The molecule has 84 valence electrons. The van der Waals surface area contributed by atoms with Crippen LogP contribution in [-0.4, -0.2) is 42.0 Å². The first-order valence-electron chi connectivity index (χ1n) is 5.26. The van der Waals surface area contributed by atoms with Crippen LogP contribution >= 0.6 is 0 Å². The van der Waals surface area contributed by atoms with Crippen LogP contribution in [0, 0.1) is 16.7 Å². The Labute approximate surface area is 91.5 Å². The largest absolute Gasteiger partial charge is 0.322 e. The Morgan fingerprint density at radius 3 is 2.53 bits per heavy atom. The van der Waals surface area contributed by atoms with Gasteiger partial charge < -0.3 is 9.80 Å². The lowest BCUT2D eigenvalue weighted by molar-refractivity contribution is 0.173. The van der Waals surface area contributed by atoms with E-state index in [0.717, 1.165) is 6.54 Å². The van der Waals surface area contributed by atoms with Gasteiger partial charge in [0.25, 0.3) is 0 Å². The quantitative estimate of drug-likeness (QED) is 0.694. The normalized spacial score (nSPS) is 22.1. The summed E-state index contributed by atoms with van der Waals surface area (Å²) in [6, 6.07) is 2.36. The van der Waals surface area contributed by atoms with E-state index in [1.807, 2.05) is 7.05 Å². The van der Waals surface area contributed by atoms with E-state index in [9.17, 15) is 4.79 Å². The van der Waals surface area contributed by atoms with Crippen LogP contribution in [-0.2, 0) is 0 Å². The van der Waals surface area contributed by atoms with Gasteiger partial charge in [-0.15, -0.1) is 0 Å². The van der Waals surface area contributed by atoms with Gasteiger partial charge in [0.15, 0.2) is 0 Å².